The molecule has 2 amide bonds. The Morgan fingerprint density at radius 2 is 1.67 bits per heavy atom. The molecule has 21 heavy (non-hydrogen) atoms. The molecule has 7 heteroatoms. The van der Waals surface area contributed by atoms with Crippen LogP contribution in [0, 0.1) is 0 Å². The van der Waals surface area contributed by atoms with Crippen molar-refractivity contribution in [2.24, 2.45) is 0 Å². The number of hydrogen-bond acceptors (Lipinski definition) is 5. The second kappa shape index (κ2) is 9.46. The summed E-state index contributed by atoms with van der Waals surface area (Å²) in [5.41, 5.74) is 0. The number of nitrogens with one attached hydrogen (secondary N) is 2. The van der Waals surface area contributed by atoms with Gasteiger partial charge in [-0.3, -0.25) is 4.79 Å². The van der Waals surface area contributed by atoms with Gasteiger partial charge in [-0.15, -0.1) is 0 Å². The molecule has 0 fully saturated rings. The molecule has 0 saturated carbocycles. The fourth-order valence-corrected chi connectivity index (χ4v) is 1.48. The summed E-state index contributed by atoms with van der Waals surface area (Å²) >= 11 is 0. The normalized spacial score (nSPS) is 9.62. The molecular weight excluding hydrogens is 276 g/mol. The zero-order chi connectivity index (χ0) is 15.5. The number of rotatable bonds is 8. The molecule has 0 aliphatic heterocycles. The first-order valence-corrected chi connectivity index (χ1v) is 6.60. The SMILES string of the molecule is CCOc1ccccc1OCC(=O)NCCNC(=O)OC. The molecule has 0 saturated heterocycles. The summed E-state index contributed by atoms with van der Waals surface area (Å²) in [4.78, 5) is 22.4. The number of alkyl carbamates (subject to hydrolysis) is 1. The highest BCUT2D eigenvalue weighted by atomic mass is 16.5. The lowest BCUT2D eigenvalue weighted by Gasteiger charge is -2.11. The van der Waals surface area contributed by atoms with E-state index in [9.17, 15) is 9.59 Å². The van der Waals surface area contributed by atoms with Crippen LogP contribution in [0.1, 0.15) is 6.92 Å². The number of hydrogen-bond donors (Lipinski definition) is 2. The molecule has 1 aromatic rings. The maximum absolute atomic E-state index is 11.6. The number of para-hydroxylation sites is 2. The van der Waals surface area contributed by atoms with E-state index in [0.717, 1.165) is 0 Å². The molecule has 0 heterocycles. The van der Waals surface area contributed by atoms with Gasteiger partial charge in [0.05, 0.1) is 13.7 Å². The van der Waals surface area contributed by atoms with Crippen LogP contribution in [0.25, 0.3) is 0 Å². The van der Waals surface area contributed by atoms with E-state index in [-0.39, 0.29) is 19.1 Å². The van der Waals surface area contributed by atoms with Gasteiger partial charge in [0.1, 0.15) is 0 Å². The lowest BCUT2D eigenvalue weighted by Crippen LogP contribution is -2.36. The summed E-state index contributed by atoms with van der Waals surface area (Å²) in [7, 11) is 1.28. The summed E-state index contributed by atoms with van der Waals surface area (Å²) < 4.78 is 15.2. The van der Waals surface area contributed by atoms with Crippen molar-refractivity contribution in [3.8, 4) is 11.5 Å². The predicted octanol–water partition coefficient (Wildman–Crippen LogP) is 0.936. The minimum atomic E-state index is -0.536. The third kappa shape index (κ3) is 6.51. The third-order valence-electron chi connectivity index (χ3n) is 2.41. The Hall–Kier alpha value is -2.44. The van der Waals surface area contributed by atoms with E-state index in [2.05, 4.69) is 15.4 Å². The maximum atomic E-state index is 11.6. The van der Waals surface area contributed by atoms with E-state index >= 15 is 0 Å². The minimum absolute atomic E-state index is 0.123. The molecule has 0 atom stereocenters. The molecule has 0 spiro atoms. The van der Waals surface area contributed by atoms with Crippen molar-refractivity contribution in [3.63, 3.8) is 0 Å². The van der Waals surface area contributed by atoms with Crippen LogP contribution >= 0.6 is 0 Å². The maximum Gasteiger partial charge on any atom is 0.406 e. The van der Waals surface area contributed by atoms with Gasteiger partial charge in [0.25, 0.3) is 5.91 Å². The summed E-state index contributed by atoms with van der Waals surface area (Å²) in [5.74, 6) is 0.829. The molecule has 116 valence electrons. The van der Waals surface area contributed by atoms with Gasteiger partial charge < -0.3 is 24.8 Å². The van der Waals surface area contributed by atoms with Crippen LogP contribution in [-0.2, 0) is 9.53 Å². The third-order valence-corrected chi connectivity index (χ3v) is 2.41. The van der Waals surface area contributed by atoms with Gasteiger partial charge in [-0.2, -0.15) is 0 Å². The van der Waals surface area contributed by atoms with Crippen molar-refractivity contribution >= 4 is 12.0 Å². The van der Waals surface area contributed by atoms with Crippen LogP contribution in [-0.4, -0.2) is 45.4 Å². The number of carbonyl (C=O) groups is 2. The summed E-state index contributed by atoms with van der Waals surface area (Å²) in [6, 6.07) is 7.14. The second-order valence-corrected chi connectivity index (χ2v) is 3.94. The Morgan fingerprint density at radius 1 is 1.05 bits per heavy atom. The number of amides is 2. The van der Waals surface area contributed by atoms with Crippen LogP contribution in [0.4, 0.5) is 4.79 Å². The Labute approximate surface area is 123 Å². The molecule has 7 nitrogen and oxygen atoms in total. The lowest BCUT2D eigenvalue weighted by atomic mass is 10.3. The molecule has 0 aromatic heterocycles. The summed E-state index contributed by atoms with van der Waals surface area (Å²) in [5, 5.41) is 5.06. The van der Waals surface area contributed by atoms with Crippen LogP contribution in [0.3, 0.4) is 0 Å². The highest BCUT2D eigenvalue weighted by Gasteiger charge is 2.07. The minimum Gasteiger partial charge on any atom is -0.490 e. The van der Waals surface area contributed by atoms with Gasteiger partial charge in [0, 0.05) is 13.1 Å². The Kier molecular flexibility index (Phi) is 7.49. The van der Waals surface area contributed by atoms with E-state index in [1.54, 1.807) is 18.2 Å². The molecule has 0 aliphatic rings. The molecule has 1 aromatic carbocycles. The van der Waals surface area contributed by atoms with Gasteiger partial charge >= 0.3 is 6.09 Å². The monoisotopic (exact) mass is 296 g/mol. The van der Waals surface area contributed by atoms with E-state index in [1.807, 2.05) is 13.0 Å². The highest BCUT2D eigenvalue weighted by molar-refractivity contribution is 5.77. The zero-order valence-electron chi connectivity index (χ0n) is 12.2. The van der Waals surface area contributed by atoms with E-state index in [1.165, 1.54) is 7.11 Å². The highest BCUT2D eigenvalue weighted by Crippen LogP contribution is 2.26. The number of carbonyl (C=O) groups excluding carboxylic acids is 2. The van der Waals surface area contributed by atoms with Crippen molar-refractivity contribution in [2.75, 3.05) is 33.4 Å². The van der Waals surface area contributed by atoms with Crippen molar-refractivity contribution in [2.45, 2.75) is 6.92 Å². The molecule has 0 radical (unpaired) electrons. The first-order chi connectivity index (χ1) is 10.2. The average molecular weight is 296 g/mol. The number of ether oxygens (including phenoxy) is 3. The van der Waals surface area contributed by atoms with Gasteiger partial charge in [-0.25, -0.2) is 4.79 Å². The average Bonchev–Trinajstić information content (AvgIpc) is 2.50. The van der Waals surface area contributed by atoms with E-state index < -0.39 is 6.09 Å². The van der Waals surface area contributed by atoms with Crippen LogP contribution in [0.15, 0.2) is 24.3 Å². The first kappa shape index (κ1) is 16.6. The lowest BCUT2D eigenvalue weighted by molar-refractivity contribution is -0.123. The van der Waals surface area contributed by atoms with Crippen molar-refractivity contribution < 1.29 is 23.8 Å². The Bertz CT molecular complexity index is 464. The fraction of sp³-hybridized carbons (Fsp3) is 0.429. The predicted molar refractivity (Wildman–Crippen MR) is 76.5 cm³/mol. The topological polar surface area (TPSA) is 85.9 Å². The Balaban J connectivity index is 2.28. The standard InChI is InChI=1S/C14H20N2O5/c1-3-20-11-6-4-5-7-12(11)21-10-13(17)15-8-9-16-14(18)19-2/h4-7H,3,8-10H2,1-2H3,(H,15,17)(H,16,18). The molecule has 0 unspecified atom stereocenters. The smallest absolute Gasteiger partial charge is 0.406 e. The number of benzene rings is 1. The van der Waals surface area contributed by atoms with Crippen LogP contribution in [0.5, 0.6) is 11.5 Å². The molecule has 0 aliphatic carbocycles. The van der Waals surface area contributed by atoms with Crippen LogP contribution in [0.2, 0.25) is 0 Å². The van der Waals surface area contributed by atoms with Crippen molar-refractivity contribution in [3.05, 3.63) is 24.3 Å². The molecule has 2 N–H and O–H groups in total. The fourth-order valence-electron chi connectivity index (χ4n) is 1.48. The van der Waals surface area contributed by atoms with Gasteiger partial charge in [-0.05, 0) is 19.1 Å². The summed E-state index contributed by atoms with van der Waals surface area (Å²) in [6.45, 7) is 2.85. The van der Waals surface area contributed by atoms with Crippen LogP contribution < -0.4 is 20.1 Å². The summed E-state index contributed by atoms with van der Waals surface area (Å²) in [6.07, 6.45) is -0.536. The zero-order valence-corrected chi connectivity index (χ0v) is 12.2. The molecular formula is C14H20N2O5. The molecule has 0 bridgehead atoms. The largest absolute Gasteiger partial charge is 0.490 e. The van der Waals surface area contributed by atoms with E-state index in [4.69, 9.17) is 9.47 Å². The number of methoxy groups -OCH3 is 1. The van der Waals surface area contributed by atoms with Gasteiger partial charge in [0.2, 0.25) is 0 Å². The first-order valence-electron chi connectivity index (χ1n) is 6.60. The Morgan fingerprint density at radius 3 is 2.29 bits per heavy atom. The van der Waals surface area contributed by atoms with Gasteiger partial charge in [0.15, 0.2) is 18.1 Å². The van der Waals surface area contributed by atoms with Gasteiger partial charge in [-0.1, -0.05) is 12.1 Å². The molecule has 1 rings (SSSR count). The van der Waals surface area contributed by atoms with Crippen molar-refractivity contribution in [1.29, 1.82) is 0 Å². The van der Waals surface area contributed by atoms with E-state index in [0.29, 0.717) is 24.7 Å². The van der Waals surface area contributed by atoms with Crippen molar-refractivity contribution in [1.82, 2.24) is 10.6 Å². The quantitative estimate of drug-likeness (QED) is 0.697. The second-order valence-electron chi connectivity index (χ2n) is 3.94.